The van der Waals surface area contributed by atoms with Gasteiger partial charge in [-0.15, -0.1) is 0 Å². The molecule has 0 aliphatic carbocycles. The third-order valence-corrected chi connectivity index (χ3v) is 4.20. The molecule has 0 aromatic heterocycles. The predicted molar refractivity (Wildman–Crippen MR) is 84.2 cm³/mol. The Kier molecular flexibility index (Phi) is 5.16. The van der Waals surface area contributed by atoms with Gasteiger partial charge in [0.05, 0.1) is 18.1 Å². The van der Waals surface area contributed by atoms with Crippen LogP contribution in [0.5, 0.6) is 0 Å². The Morgan fingerprint density at radius 1 is 1.29 bits per heavy atom. The lowest BCUT2D eigenvalue weighted by Crippen LogP contribution is -2.46. The Hall–Kier alpha value is -1.92. The van der Waals surface area contributed by atoms with Crippen LogP contribution in [0.25, 0.3) is 0 Å². The van der Waals surface area contributed by atoms with Crippen LogP contribution in [0.15, 0.2) is 30.3 Å². The van der Waals surface area contributed by atoms with Crippen LogP contribution in [0.1, 0.15) is 37.0 Å². The largest absolute Gasteiger partial charge is 0.462 e. The average molecular weight is 334 g/mol. The molecule has 4 atom stereocenters. The van der Waals surface area contributed by atoms with Crippen molar-refractivity contribution in [3.05, 3.63) is 35.9 Å². The molecular weight excluding hydrogens is 312 g/mol. The number of esters is 2. The van der Waals surface area contributed by atoms with Crippen LogP contribution in [0.3, 0.4) is 0 Å². The number of hydrogen-bond acceptors (Lipinski definition) is 6. The van der Waals surface area contributed by atoms with E-state index in [-0.39, 0.29) is 37.1 Å². The fraction of sp³-hybridized carbons (Fsp3) is 0.556. The highest BCUT2D eigenvalue weighted by molar-refractivity contribution is 5.89. The highest BCUT2D eigenvalue weighted by atomic mass is 16.7. The molecule has 0 N–H and O–H groups in total. The summed E-state index contributed by atoms with van der Waals surface area (Å²) in [7, 11) is 0. The van der Waals surface area contributed by atoms with E-state index in [2.05, 4.69) is 0 Å². The first-order valence-electron chi connectivity index (χ1n) is 8.25. The van der Waals surface area contributed by atoms with Gasteiger partial charge in [-0.1, -0.05) is 18.2 Å². The van der Waals surface area contributed by atoms with Gasteiger partial charge >= 0.3 is 11.9 Å². The molecule has 2 aliphatic heterocycles. The molecule has 6 heteroatoms. The normalized spacial score (nSPS) is 29.2. The van der Waals surface area contributed by atoms with E-state index in [1.807, 2.05) is 19.9 Å². The number of hydrogen-bond donors (Lipinski definition) is 0. The summed E-state index contributed by atoms with van der Waals surface area (Å²) in [5.74, 6) is -0.751. The first-order chi connectivity index (χ1) is 11.5. The first-order valence-corrected chi connectivity index (χ1v) is 8.25. The molecule has 0 saturated carbocycles. The molecule has 3 rings (SSSR count). The Bertz CT molecular complexity index is 584. The van der Waals surface area contributed by atoms with Crippen molar-refractivity contribution in [2.75, 3.05) is 6.61 Å². The van der Waals surface area contributed by atoms with Gasteiger partial charge in [-0.05, 0) is 26.0 Å². The third-order valence-electron chi connectivity index (χ3n) is 4.20. The predicted octanol–water partition coefficient (Wildman–Crippen LogP) is 2.32. The monoisotopic (exact) mass is 334 g/mol. The Morgan fingerprint density at radius 3 is 2.75 bits per heavy atom. The standard InChI is InChI=1S/C18H22O6/c1-11(2)22-17-9-14-13(8-16(19)23-14)15(24-17)10-21-18(20)12-6-4-3-5-7-12/h3-7,11,13-15,17H,8-10H2,1-2H3/t13-,14-,15+,17-/m0/s1. The molecule has 2 aliphatic rings. The Labute approximate surface area is 141 Å². The Balaban J connectivity index is 1.63. The van der Waals surface area contributed by atoms with Crippen LogP contribution in [0.2, 0.25) is 0 Å². The van der Waals surface area contributed by atoms with E-state index in [1.165, 1.54) is 0 Å². The van der Waals surface area contributed by atoms with Crippen LogP contribution in [-0.4, -0.2) is 43.1 Å². The summed E-state index contributed by atoms with van der Waals surface area (Å²) in [6.07, 6.45) is -0.319. The molecule has 6 nitrogen and oxygen atoms in total. The highest BCUT2D eigenvalue weighted by Gasteiger charge is 2.47. The lowest BCUT2D eigenvalue weighted by Gasteiger charge is -2.37. The maximum absolute atomic E-state index is 12.1. The van der Waals surface area contributed by atoms with Crippen LogP contribution in [0, 0.1) is 5.92 Å². The summed E-state index contributed by atoms with van der Waals surface area (Å²) in [5.41, 5.74) is 0.485. The molecule has 0 amide bonds. The Morgan fingerprint density at radius 2 is 2.04 bits per heavy atom. The van der Waals surface area contributed by atoms with Gasteiger partial charge in [0.15, 0.2) is 6.29 Å². The second-order valence-corrected chi connectivity index (χ2v) is 6.39. The molecule has 0 radical (unpaired) electrons. The maximum Gasteiger partial charge on any atom is 0.338 e. The number of ether oxygens (including phenoxy) is 4. The molecule has 2 heterocycles. The molecule has 130 valence electrons. The fourth-order valence-electron chi connectivity index (χ4n) is 3.13. The molecule has 0 spiro atoms. The molecule has 1 aromatic rings. The minimum Gasteiger partial charge on any atom is -0.462 e. The minimum atomic E-state index is -0.461. The van der Waals surface area contributed by atoms with Crippen LogP contribution in [0.4, 0.5) is 0 Å². The number of fused-ring (bicyclic) bond motifs is 1. The average Bonchev–Trinajstić information content (AvgIpc) is 2.92. The molecule has 0 unspecified atom stereocenters. The molecule has 2 fully saturated rings. The number of carbonyl (C=O) groups is 2. The van der Waals surface area contributed by atoms with Gasteiger partial charge in [0, 0.05) is 12.3 Å². The summed E-state index contributed by atoms with van der Waals surface area (Å²) in [6, 6.07) is 8.78. The van der Waals surface area contributed by atoms with Crippen molar-refractivity contribution in [3.8, 4) is 0 Å². The summed E-state index contributed by atoms with van der Waals surface area (Å²) >= 11 is 0. The summed E-state index contributed by atoms with van der Waals surface area (Å²) < 4.78 is 22.4. The van der Waals surface area contributed by atoms with Crippen molar-refractivity contribution >= 4 is 11.9 Å². The second-order valence-electron chi connectivity index (χ2n) is 6.39. The topological polar surface area (TPSA) is 71.1 Å². The van der Waals surface area contributed by atoms with E-state index < -0.39 is 18.4 Å². The third kappa shape index (κ3) is 3.94. The van der Waals surface area contributed by atoms with Gasteiger partial charge in [-0.3, -0.25) is 4.79 Å². The first kappa shape index (κ1) is 16.9. The van der Waals surface area contributed by atoms with Crippen molar-refractivity contribution < 1.29 is 28.5 Å². The number of rotatable bonds is 5. The zero-order valence-electron chi connectivity index (χ0n) is 13.8. The van der Waals surface area contributed by atoms with Gasteiger partial charge in [-0.2, -0.15) is 0 Å². The van der Waals surface area contributed by atoms with Gasteiger partial charge in [0.2, 0.25) is 0 Å². The number of carbonyl (C=O) groups excluding carboxylic acids is 2. The van der Waals surface area contributed by atoms with E-state index >= 15 is 0 Å². The lowest BCUT2D eigenvalue weighted by molar-refractivity contribution is -0.245. The highest BCUT2D eigenvalue weighted by Crippen LogP contribution is 2.36. The molecular formula is C18H22O6. The van der Waals surface area contributed by atoms with Crippen LogP contribution in [-0.2, 0) is 23.7 Å². The van der Waals surface area contributed by atoms with Gasteiger partial charge in [0.1, 0.15) is 18.8 Å². The van der Waals surface area contributed by atoms with Crippen molar-refractivity contribution in [1.82, 2.24) is 0 Å². The number of benzene rings is 1. The second kappa shape index (κ2) is 7.32. The zero-order valence-corrected chi connectivity index (χ0v) is 13.8. The summed E-state index contributed by atoms with van der Waals surface area (Å²) in [6.45, 7) is 3.91. The van der Waals surface area contributed by atoms with Crippen molar-refractivity contribution in [2.45, 2.75) is 51.3 Å². The van der Waals surface area contributed by atoms with Crippen molar-refractivity contribution in [1.29, 1.82) is 0 Å². The summed E-state index contributed by atoms with van der Waals surface area (Å²) in [4.78, 5) is 23.7. The van der Waals surface area contributed by atoms with Crippen molar-refractivity contribution in [3.63, 3.8) is 0 Å². The van der Waals surface area contributed by atoms with Crippen LogP contribution < -0.4 is 0 Å². The molecule has 24 heavy (non-hydrogen) atoms. The summed E-state index contributed by atoms with van der Waals surface area (Å²) in [5, 5.41) is 0. The molecule has 0 bridgehead atoms. The quantitative estimate of drug-likeness (QED) is 0.770. The van der Waals surface area contributed by atoms with E-state index in [4.69, 9.17) is 18.9 Å². The molecule has 2 saturated heterocycles. The van der Waals surface area contributed by atoms with Gasteiger partial charge in [-0.25, -0.2) is 4.79 Å². The smallest absolute Gasteiger partial charge is 0.338 e. The van der Waals surface area contributed by atoms with Gasteiger partial charge in [0.25, 0.3) is 0 Å². The van der Waals surface area contributed by atoms with Crippen LogP contribution >= 0.6 is 0 Å². The maximum atomic E-state index is 12.1. The van der Waals surface area contributed by atoms with E-state index in [9.17, 15) is 9.59 Å². The lowest BCUT2D eigenvalue weighted by atomic mass is 9.90. The van der Waals surface area contributed by atoms with E-state index in [1.54, 1.807) is 24.3 Å². The van der Waals surface area contributed by atoms with Crippen molar-refractivity contribution in [2.24, 2.45) is 5.92 Å². The minimum absolute atomic E-state index is 0.00354. The zero-order chi connectivity index (χ0) is 17.1. The van der Waals surface area contributed by atoms with E-state index in [0.29, 0.717) is 12.0 Å². The van der Waals surface area contributed by atoms with Gasteiger partial charge < -0.3 is 18.9 Å². The van der Waals surface area contributed by atoms with E-state index in [0.717, 1.165) is 0 Å². The SMILES string of the molecule is CC(C)O[C@@H]1C[C@@H]2OC(=O)C[C@@H]2[C@@H](COC(=O)c2ccccc2)O1. The fourth-order valence-corrected chi connectivity index (χ4v) is 3.13. The molecule has 1 aromatic carbocycles.